The number of nitrogens with one attached hydrogen (secondary N) is 1. The van der Waals surface area contributed by atoms with Gasteiger partial charge in [0.05, 0.1) is 18.1 Å². The Balaban J connectivity index is 1.28. The van der Waals surface area contributed by atoms with Crippen LogP contribution in [0.2, 0.25) is 0 Å². The molecule has 1 aliphatic heterocycles. The van der Waals surface area contributed by atoms with Crippen molar-refractivity contribution in [3.05, 3.63) is 102 Å². The van der Waals surface area contributed by atoms with Crippen LogP contribution in [0, 0.1) is 0 Å². The molecule has 0 bridgehead atoms. The predicted octanol–water partition coefficient (Wildman–Crippen LogP) is 4.69. The molecular formula is C27H28N4O. The Labute approximate surface area is 188 Å². The fourth-order valence-electron chi connectivity index (χ4n) is 4.75. The zero-order valence-electron chi connectivity index (χ0n) is 18.2. The summed E-state index contributed by atoms with van der Waals surface area (Å²) >= 11 is 0. The van der Waals surface area contributed by atoms with Gasteiger partial charge in [0.2, 0.25) is 0 Å². The smallest absolute Gasteiger partial charge is 0.254 e. The number of aryl methyl sites for hydroxylation is 1. The molecule has 0 radical (unpaired) electrons. The van der Waals surface area contributed by atoms with E-state index in [-0.39, 0.29) is 11.9 Å². The highest BCUT2D eigenvalue weighted by Gasteiger charge is 2.28. The van der Waals surface area contributed by atoms with E-state index in [0.29, 0.717) is 0 Å². The molecule has 4 aromatic rings. The normalized spacial score (nSPS) is 15.7. The monoisotopic (exact) mass is 424 g/mol. The van der Waals surface area contributed by atoms with E-state index < -0.39 is 0 Å². The lowest BCUT2D eigenvalue weighted by molar-refractivity contribution is 0.0556. The van der Waals surface area contributed by atoms with Gasteiger partial charge in [-0.3, -0.25) is 9.69 Å². The van der Waals surface area contributed by atoms with Crippen LogP contribution in [0.25, 0.3) is 10.8 Å². The van der Waals surface area contributed by atoms with Gasteiger partial charge < -0.3 is 9.88 Å². The number of aromatic nitrogens is 2. The Morgan fingerprint density at radius 2 is 1.66 bits per heavy atom. The number of benzene rings is 3. The molecule has 1 fully saturated rings. The Kier molecular flexibility index (Phi) is 5.99. The first-order valence-corrected chi connectivity index (χ1v) is 11.3. The number of nitrogens with zero attached hydrogens (tertiary/aromatic N) is 3. The predicted molar refractivity (Wildman–Crippen MR) is 128 cm³/mol. The van der Waals surface area contributed by atoms with E-state index in [0.717, 1.165) is 61.1 Å². The van der Waals surface area contributed by atoms with Crippen LogP contribution in [0.4, 0.5) is 0 Å². The molecule has 1 unspecified atom stereocenters. The first-order valence-electron chi connectivity index (χ1n) is 11.3. The summed E-state index contributed by atoms with van der Waals surface area (Å²) in [4.78, 5) is 25.4. The second kappa shape index (κ2) is 9.37. The fraction of sp³-hybridized carbons (Fsp3) is 0.259. The molecule has 3 aromatic carbocycles. The van der Waals surface area contributed by atoms with Gasteiger partial charge in [0.15, 0.2) is 0 Å². The second-order valence-corrected chi connectivity index (χ2v) is 8.40. The summed E-state index contributed by atoms with van der Waals surface area (Å²) in [5.41, 5.74) is 3.29. The number of imidazole rings is 1. The van der Waals surface area contributed by atoms with Crippen LogP contribution in [0.3, 0.4) is 0 Å². The lowest BCUT2D eigenvalue weighted by Crippen LogP contribution is -2.49. The SMILES string of the molecule is O=C(c1cccc2ccccc12)N1CCN(C(CCc2ccccc2)c2cnc[nH]2)CC1. The molecule has 1 saturated heterocycles. The van der Waals surface area contributed by atoms with Gasteiger partial charge >= 0.3 is 0 Å². The first kappa shape index (κ1) is 20.5. The highest BCUT2D eigenvalue weighted by Crippen LogP contribution is 2.27. The molecular weight excluding hydrogens is 396 g/mol. The molecule has 5 nitrogen and oxygen atoms in total. The van der Waals surface area contributed by atoms with Crippen molar-refractivity contribution in [1.82, 2.24) is 19.8 Å². The topological polar surface area (TPSA) is 52.2 Å². The number of H-pyrrole nitrogens is 1. The van der Waals surface area contributed by atoms with Gasteiger partial charge in [-0.2, -0.15) is 0 Å². The number of aromatic amines is 1. The van der Waals surface area contributed by atoms with Gasteiger partial charge in [0.1, 0.15) is 0 Å². The number of fused-ring (bicyclic) bond motifs is 1. The standard InChI is InChI=1S/C27H28N4O/c32-27(24-12-6-10-22-9-4-5-11-23(22)24)31-17-15-30(16-18-31)26(25-19-28-20-29-25)14-13-21-7-2-1-3-8-21/h1-12,19-20,26H,13-18H2,(H,28,29). The fourth-order valence-corrected chi connectivity index (χ4v) is 4.75. The number of amides is 1. The highest BCUT2D eigenvalue weighted by molar-refractivity contribution is 6.07. The van der Waals surface area contributed by atoms with Crippen LogP contribution < -0.4 is 0 Å². The van der Waals surface area contributed by atoms with Crippen LogP contribution in [-0.4, -0.2) is 51.9 Å². The maximum absolute atomic E-state index is 13.3. The third-order valence-corrected chi connectivity index (χ3v) is 6.49. The van der Waals surface area contributed by atoms with Crippen molar-refractivity contribution in [1.29, 1.82) is 0 Å². The van der Waals surface area contributed by atoms with E-state index in [1.165, 1.54) is 5.56 Å². The Hall–Kier alpha value is -3.44. The molecule has 1 atom stereocenters. The van der Waals surface area contributed by atoms with Gasteiger partial charge in [0.25, 0.3) is 5.91 Å². The van der Waals surface area contributed by atoms with E-state index >= 15 is 0 Å². The third kappa shape index (κ3) is 4.30. The summed E-state index contributed by atoms with van der Waals surface area (Å²) in [5.74, 6) is 0.129. The molecule has 1 N–H and O–H groups in total. The van der Waals surface area contributed by atoms with Crippen molar-refractivity contribution >= 4 is 16.7 Å². The van der Waals surface area contributed by atoms with Crippen LogP contribution in [0.5, 0.6) is 0 Å². The van der Waals surface area contributed by atoms with E-state index in [9.17, 15) is 4.79 Å². The zero-order chi connectivity index (χ0) is 21.8. The van der Waals surface area contributed by atoms with Crippen molar-refractivity contribution in [2.45, 2.75) is 18.9 Å². The van der Waals surface area contributed by atoms with Gasteiger partial charge in [-0.25, -0.2) is 4.98 Å². The van der Waals surface area contributed by atoms with Gasteiger partial charge in [-0.1, -0.05) is 66.7 Å². The van der Waals surface area contributed by atoms with Crippen LogP contribution in [0.1, 0.15) is 34.1 Å². The molecule has 162 valence electrons. The molecule has 5 heteroatoms. The van der Waals surface area contributed by atoms with Gasteiger partial charge in [-0.15, -0.1) is 0 Å². The minimum absolute atomic E-state index is 0.129. The molecule has 1 aliphatic rings. The molecule has 0 saturated carbocycles. The lowest BCUT2D eigenvalue weighted by atomic mass is 10.0. The summed E-state index contributed by atoms with van der Waals surface area (Å²) in [6, 6.07) is 25.0. The van der Waals surface area contributed by atoms with Gasteiger partial charge in [-0.05, 0) is 35.2 Å². The maximum atomic E-state index is 13.3. The maximum Gasteiger partial charge on any atom is 0.254 e. The molecule has 0 spiro atoms. The van der Waals surface area contributed by atoms with Gasteiger partial charge in [0, 0.05) is 37.9 Å². The molecule has 2 heterocycles. The third-order valence-electron chi connectivity index (χ3n) is 6.49. The summed E-state index contributed by atoms with van der Waals surface area (Å²) in [5, 5.41) is 2.14. The minimum atomic E-state index is 0.129. The van der Waals surface area contributed by atoms with Crippen molar-refractivity contribution in [2.24, 2.45) is 0 Å². The Bertz CT molecular complexity index is 1160. The highest BCUT2D eigenvalue weighted by atomic mass is 16.2. The summed E-state index contributed by atoms with van der Waals surface area (Å²) in [7, 11) is 0. The Morgan fingerprint density at radius 3 is 2.44 bits per heavy atom. The number of carbonyl (C=O) groups is 1. The summed E-state index contributed by atoms with van der Waals surface area (Å²) in [6.07, 6.45) is 5.72. The van der Waals surface area contributed by atoms with E-state index in [4.69, 9.17) is 0 Å². The Morgan fingerprint density at radius 1 is 0.906 bits per heavy atom. The van der Waals surface area contributed by atoms with Crippen molar-refractivity contribution in [3.8, 4) is 0 Å². The first-order chi connectivity index (χ1) is 15.8. The van der Waals surface area contributed by atoms with Crippen LogP contribution in [0.15, 0.2) is 85.3 Å². The quantitative estimate of drug-likeness (QED) is 0.488. The molecule has 5 rings (SSSR count). The van der Waals surface area contributed by atoms with Crippen molar-refractivity contribution in [3.63, 3.8) is 0 Å². The summed E-state index contributed by atoms with van der Waals surface area (Å²) < 4.78 is 0. The number of hydrogen-bond donors (Lipinski definition) is 1. The van der Waals surface area contributed by atoms with E-state index in [2.05, 4.69) is 57.3 Å². The van der Waals surface area contributed by atoms with E-state index in [1.54, 1.807) is 6.33 Å². The second-order valence-electron chi connectivity index (χ2n) is 8.40. The zero-order valence-corrected chi connectivity index (χ0v) is 18.2. The average Bonchev–Trinajstić information content (AvgIpc) is 3.39. The largest absolute Gasteiger partial charge is 0.347 e. The van der Waals surface area contributed by atoms with Crippen molar-refractivity contribution in [2.75, 3.05) is 26.2 Å². The number of carbonyl (C=O) groups excluding carboxylic acids is 1. The summed E-state index contributed by atoms with van der Waals surface area (Å²) in [6.45, 7) is 3.18. The number of piperazine rings is 1. The molecule has 1 aromatic heterocycles. The average molecular weight is 425 g/mol. The van der Waals surface area contributed by atoms with E-state index in [1.807, 2.05) is 41.4 Å². The molecule has 1 amide bonds. The molecule has 32 heavy (non-hydrogen) atoms. The van der Waals surface area contributed by atoms with Crippen molar-refractivity contribution < 1.29 is 4.79 Å². The minimum Gasteiger partial charge on any atom is -0.347 e. The van der Waals surface area contributed by atoms with Crippen LogP contribution in [-0.2, 0) is 6.42 Å². The number of hydrogen-bond acceptors (Lipinski definition) is 3. The van der Waals surface area contributed by atoms with Crippen LogP contribution >= 0.6 is 0 Å². The number of rotatable bonds is 6. The molecule has 0 aliphatic carbocycles. The lowest BCUT2D eigenvalue weighted by Gasteiger charge is -2.39.